The van der Waals surface area contributed by atoms with E-state index in [0.717, 1.165) is 49.5 Å². The van der Waals surface area contributed by atoms with E-state index in [1.807, 2.05) is 17.0 Å². The zero-order valence-electron chi connectivity index (χ0n) is 15.4. The van der Waals surface area contributed by atoms with Crippen molar-refractivity contribution < 1.29 is 19.2 Å². The third-order valence-electron chi connectivity index (χ3n) is 6.02. The molecule has 5 nitrogen and oxygen atoms in total. The Kier molecular flexibility index (Phi) is 4.24. The normalized spacial score (nSPS) is 23.3. The zero-order chi connectivity index (χ0) is 18.2. The number of amides is 1. The van der Waals surface area contributed by atoms with Crippen molar-refractivity contribution in [1.82, 2.24) is 0 Å². The zero-order valence-corrected chi connectivity index (χ0v) is 15.4. The van der Waals surface area contributed by atoms with Crippen LogP contribution in [0.4, 0.5) is 5.69 Å². The van der Waals surface area contributed by atoms with Gasteiger partial charge in [0.1, 0.15) is 19.3 Å². The molecule has 2 atom stereocenters. The number of hydrogen-bond donors (Lipinski definition) is 1. The van der Waals surface area contributed by atoms with E-state index in [4.69, 9.17) is 9.47 Å². The van der Waals surface area contributed by atoms with Crippen molar-refractivity contribution in [3.8, 4) is 11.5 Å². The lowest BCUT2D eigenvalue weighted by Crippen LogP contribution is -3.11. The van der Waals surface area contributed by atoms with Gasteiger partial charge < -0.3 is 19.3 Å². The Labute approximate surface area is 159 Å². The molecule has 1 amide bonds. The summed E-state index contributed by atoms with van der Waals surface area (Å²) in [6.07, 6.45) is 3.22. The fourth-order valence-corrected chi connectivity index (χ4v) is 4.69. The van der Waals surface area contributed by atoms with Gasteiger partial charge in [0, 0.05) is 30.6 Å². The molecule has 140 valence electrons. The van der Waals surface area contributed by atoms with Crippen LogP contribution in [0.1, 0.15) is 30.0 Å². The Balaban J connectivity index is 1.33. The minimum absolute atomic E-state index is 0.236. The Morgan fingerprint density at radius 1 is 1.11 bits per heavy atom. The lowest BCUT2D eigenvalue weighted by molar-refractivity contribution is -0.910. The highest BCUT2D eigenvalue weighted by Gasteiger charge is 2.35. The molecule has 0 aliphatic carbocycles. The molecule has 5 heteroatoms. The van der Waals surface area contributed by atoms with Crippen LogP contribution in [0.25, 0.3) is 0 Å². The Morgan fingerprint density at radius 2 is 1.96 bits per heavy atom. The molecule has 1 fully saturated rings. The predicted molar refractivity (Wildman–Crippen MR) is 103 cm³/mol. The van der Waals surface area contributed by atoms with Crippen LogP contribution in [0.2, 0.25) is 0 Å². The van der Waals surface area contributed by atoms with E-state index in [-0.39, 0.29) is 5.91 Å². The molecule has 5 rings (SSSR count). The average molecular weight is 365 g/mol. The Morgan fingerprint density at radius 3 is 2.89 bits per heavy atom. The highest BCUT2D eigenvalue weighted by molar-refractivity contribution is 5.96. The standard InChI is InChI=1S/C22H24N2O3/c25-22(24-11-9-16-4-1-2-5-19(16)24)15-23-10-3-6-18(23)17-7-8-20-21(14-17)27-13-12-26-20/h1-2,4-5,7-8,14,18H,3,6,9-13,15H2/p+1/t18-/m1/s1. The van der Waals surface area contributed by atoms with Crippen molar-refractivity contribution in [3.63, 3.8) is 0 Å². The highest BCUT2D eigenvalue weighted by atomic mass is 16.6. The quantitative estimate of drug-likeness (QED) is 0.902. The summed E-state index contributed by atoms with van der Waals surface area (Å²) < 4.78 is 11.4. The molecular weight excluding hydrogens is 340 g/mol. The van der Waals surface area contributed by atoms with Crippen LogP contribution < -0.4 is 19.3 Å². The lowest BCUT2D eigenvalue weighted by atomic mass is 10.0. The molecule has 0 spiro atoms. The summed E-state index contributed by atoms with van der Waals surface area (Å²) in [4.78, 5) is 16.4. The van der Waals surface area contributed by atoms with Gasteiger partial charge in [-0.15, -0.1) is 0 Å². The first-order chi connectivity index (χ1) is 13.3. The molecular formula is C22H25N2O3+. The number of hydrogen-bond acceptors (Lipinski definition) is 3. The first kappa shape index (κ1) is 16.6. The van der Waals surface area contributed by atoms with Crippen molar-refractivity contribution >= 4 is 11.6 Å². The summed E-state index contributed by atoms with van der Waals surface area (Å²) in [6.45, 7) is 3.61. The van der Waals surface area contributed by atoms with Gasteiger partial charge in [0.05, 0.1) is 6.54 Å². The van der Waals surface area contributed by atoms with Crippen molar-refractivity contribution in [2.75, 3.05) is 37.7 Å². The summed E-state index contributed by atoms with van der Waals surface area (Å²) in [5.74, 6) is 1.90. The molecule has 0 saturated carbocycles. The van der Waals surface area contributed by atoms with E-state index in [2.05, 4.69) is 30.3 Å². The molecule has 1 unspecified atom stereocenters. The second-order valence-electron chi connectivity index (χ2n) is 7.61. The van der Waals surface area contributed by atoms with Gasteiger partial charge in [0.2, 0.25) is 0 Å². The van der Waals surface area contributed by atoms with Gasteiger partial charge in [-0.3, -0.25) is 4.79 Å². The van der Waals surface area contributed by atoms with Gasteiger partial charge in [0.25, 0.3) is 5.91 Å². The fraction of sp³-hybridized carbons (Fsp3) is 0.409. The maximum atomic E-state index is 13.0. The van der Waals surface area contributed by atoms with Crippen LogP contribution in [0.3, 0.4) is 0 Å². The predicted octanol–water partition coefficient (Wildman–Crippen LogP) is 1.77. The Hall–Kier alpha value is -2.53. The third-order valence-corrected chi connectivity index (χ3v) is 6.02. The van der Waals surface area contributed by atoms with E-state index < -0.39 is 0 Å². The molecule has 0 radical (unpaired) electrons. The van der Waals surface area contributed by atoms with Crippen LogP contribution >= 0.6 is 0 Å². The first-order valence-electron chi connectivity index (χ1n) is 9.92. The van der Waals surface area contributed by atoms with Crippen molar-refractivity contribution in [3.05, 3.63) is 53.6 Å². The summed E-state index contributed by atoms with van der Waals surface area (Å²) in [5.41, 5.74) is 3.63. The molecule has 3 heterocycles. The molecule has 0 aromatic heterocycles. The van der Waals surface area contributed by atoms with Crippen LogP contribution in [-0.2, 0) is 11.2 Å². The van der Waals surface area contributed by atoms with Gasteiger partial charge in [-0.2, -0.15) is 0 Å². The fourth-order valence-electron chi connectivity index (χ4n) is 4.69. The van der Waals surface area contributed by atoms with Crippen LogP contribution in [0, 0.1) is 0 Å². The third kappa shape index (κ3) is 3.06. The highest BCUT2D eigenvalue weighted by Crippen LogP contribution is 2.33. The molecule has 1 saturated heterocycles. The SMILES string of the molecule is O=C(C[NH+]1CCC[C@@H]1c1ccc2c(c1)OCCO2)N1CCc2ccccc21. The number of carbonyl (C=O) groups excluding carboxylic acids is 1. The number of carbonyl (C=O) groups is 1. The minimum Gasteiger partial charge on any atom is -0.486 e. The van der Waals surface area contributed by atoms with Gasteiger partial charge in [-0.25, -0.2) is 0 Å². The number of nitrogens with zero attached hydrogens (tertiary/aromatic N) is 1. The number of likely N-dealkylation sites (tertiary alicyclic amines) is 1. The molecule has 1 N–H and O–H groups in total. The second kappa shape index (κ2) is 6.89. The van der Waals surface area contributed by atoms with Gasteiger partial charge in [-0.05, 0) is 36.2 Å². The number of fused-ring (bicyclic) bond motifs is 2. The molecule has 3 aliphatic rings. The van der Waals surface area contributed by atoms with Crippen LogP contribution in [-0.4, -0.2) is 38.8 Å². The van der Waals surface area contributed by atoms with Crippen LogP contribution in [0.5, 0.6) is 11.5 Å². The van der Waals surface area contributed by atoms with E-state index in [9.17, 15) is 4.79 Å². The maximum absolute atomic E-state index is 13.0. The number of nitrogens with one attached hydrogen (secondary N) is 1. The monoisotopic (exact) mass is 365 g/mol. The smallest absolute Gasteiger partial charge is 0.282 e. The van der Waals surface area contributed by atoms with Gasteiger partial charge in [0.15, 0.2) is 18.0 Å². The van der Waals surface area contributed by atoms with Crippen LogP contribution in [0.15, 0.2) is 42.5 Å². The molecule has 0 bridgehead atoms. The Bertz CT molecular complexity index is 866. The maximum Gasteiger partial charge on any atom is 0.282 e. The van der Waals surface area contributed by atoms with E-state index in [0.29, 0.717) is 25.8 Å². The number of ether oxygens (including phenoxy) is 2. The molecule has 2 aromatic carbocycles. The van der Waals surface area contributed by atoms with E-state index in [1.165, 1.54) is 16.0 Å². The number of rotatable bonds is 3. The first-order valence-corrected chi connectivity index (χ1v) is 9.92. The molecule has 2 aromatic rings. The summed E-state index contributed by atoms with van der Waals surface area (Å²) in [6, 6.07) is 14.9. The number of quaternary nitrogens is 1. The summed E-state index contributed by atoms with van der Waals surface area (Å²) >= 11 is 0. The second-order valence-corrected chi connectivity index (χ2v) is 7.61. The topological polar surface area (TPSA) is 43.2 Å². The summed E-state index contributed by atoms with van der Waals surface area (Å²) in [5, 5.41) is 0. The lowest BCUT2D eigenvalue weighted by Gasteiger charge is -2.25. The van der Waals surface area contributed by atoms with Crippen molar-refractivity contribution in [2.24, 2.45) is 0 Å². The van der Waals surface area contributed by atoms with Gasteiger partial charge >= 0.3 is 0 Å². The largest absolute Gasteiger partial charge is 0.486 e. The number of benzene rings is 2. The van der Waals surface area contributed by atoms with Gasteiger partial charge in [-0.1, -0.05) is 18.2 Å². The van der Waals surface area contributed by atoms with Crippen molar-refractivity contribution in [2.45, 2.75) is 25.3 Å². The van der Waals surface area contributed by atoms with Crippen molar-refractivity contribution in [1.29, 1.82) is 0 Å². The summed E-state index contributed by atoms with van der Waals surface area (Å²) in [7, 11) is 0. The molecule has 27 heavy (non-hydrogen) atoms. The van der Waals surface area contributed by atoms with E-state index in [1.54, 1.807) is 0 Å². The minimum atomic E-state index is 0.236. The molecule has 3 aliphatic heterocycles. The van der Waals surface area contributed by atoms with E-state index >= 15 is 0 Å². The number of para-hydroxylation sites is 1. The average Bonchev–Trinajstić information content (AvgIpc) is 3.34. The number of anilines is 1.